The highest BCUT2D eigenvalue weighted by molar-refractivity contribution is 5.81. The van der Waals surface area contributed by atoms with Crippen LogP contribution in [0.15, 0.2) is 24.3 Å². The number of fused-ring (bicyclic) bond motifs is 1. The molecule has 0 saturated heterocycles. The predicted molar refractivity (Wildman–Crippen MR) is 94.8 cm³/mol. The first-order valence-electron chi connectivity index (χ1n) is 8.38. The number of hydrogen-bond donors (Lipinski definition) is 2. The van der Waals surface area contributed by atoms with Crippen molar-refractivity contribution in [3.63, 3.8) is 0 Å². The molecule has 1 heterocycles. The Morgan fingerprint density at radius 1 is 1.16 bits per heavy atom. The number of likely N-dealkylation sites (N-methyl/N-ethyl adjacent to an activating group) is 1. The first kappa shape index (κ1) is 19.1. The fourth-order valence-electron chi connectivity index (χ4n) is 2.45. The number of carbonyl (C=O) groups excluding carboxylic acids is 2. The van der Waals surface area contributed by atoms with Gasteiger partial charge in [0.1, 0.15) is 12.7 Å². The third kappa shape index (κ3) is 6.62. The maximum Gasteiger partial charge on any atom is 0.234 e. The highest BCUT2D eigenvalue weighted by Crippen LogP contribution is 2.30. The Hall–Kier alpha value is -2.28. The molecule has 7 heteroatoms. The lowest BCUT2D eigenvalue weighted by molar-refractivity contribution is -0.125. The molecule has 2 rings (SSSR count). The van der Waals surface area contributed by atoms with Crippen LogP contribution in [0.4, 0.5) is 0 Å². The van der Waals surface area contributed by atoms with E-state index in [1.807, 2.05) is 45.0 Å². The summed E-state index contributed by atoms with van der Waals surface area (Å²) in [7, 11) is 1.73. The Bertz CT molecular complexity index is 613. The van der Waals surface area contributed by atoms with Gasteiger partial charge in [0.05, 0.1) is 19.6 Å². The van der Waals surface area contributed by atoms with Gasteiger partial charge in [-0.15, -0.1) is 0 Å². The van der Waals surface area contributed by atoms with Crippen molar-refractivity contribution >= 4 is 11.8 Å². The lowest BCUT2D eigenvalue weighted by atomic mass is 10.1. The van der Waals surface area contributed by atoms with Crippen LogP contribution < -0.4 is 20.1 Å². The van der Waals surface area contributed by atoms with Gasteiger partial charge in [-0.1, -0.05) is 12.1 Å². The number of nitrogens with one attached hydrogen (secondary N) is 2. The minimum absolute atomic E-state index is 0.108. The first-order valence-corrected chi connectivity index (χ1v) is 8.38. The van der Waals surface area contributed by atoms with E-state index < -0.39 is 0 Å². The molecule has 2 N–H and O–H groups in total. The van der Waals surface area contributed by atoms with Gasteiger partial charge in [0.2, 0.25) is 11.8 Å². The van der Waals surface area contributed by atoms with E-state index in [0.717, 1.165) is 5.75 Å². The molecule has 0 fully saturated rings. The Labute approximate surface area is 148 Å². The van der Waals surface area contributed by atoms with Crippen LogP contribution in [0.3, 0.4) is 0 Å². The highest BCUT2D eigenvalue weighted by atomic mass is 16.6. The molecule has 0 aliphatic carbocycles. The molecule has 1 aliphatic heterocycles. The van der Waals surface area contributed by atoms with E-state index in [1.54, 1.807) is 11.9 Å². The van der Waals surface area contributed by atoms with Gasteiger partial charge in [-0.25, -0.2) is 0 Å². The molecular weight excluding hydrogens is 322 g/mol. The van der Waals surface area contributed by atoms with Crippen LogP contribution in [-0.2, 0) is 9.59 Å². The van der Waals surface area contributed by atoms with Crippen molar-refractivity contribution in [3.05, 3.63) is 24.3 Å². The summed E-state index contributed by atoms with van der Waals surface area (Å²) in [6.45, 7) is 6.81. The van der Waals surface area contributed by atoms with Gasteiger partial charge in [0.25, 0.3) is 0 Å². The minimum atomic E-state index is -0.283. The van der Waals surface area contributed by atoms with Crippen LogP contribution >= 0.6 is 0 Å². The summed E-state index contributed by atoms with van der Waals surface area (Å²) < 4.78 is 11.4. The summed E-state index contributed by atoms with van der Waals surface area (Å²) in [5, 5.41) is 5.69. The van der Waals surface area contributed by atoms with Crippen LogP contribution in [0, 0.1) is 0 Å². The monoisotopic (exact) mass is 349 g/mol. The number of benzene rings is 1. The predicted octanol–water partition coefficient (Wildman–Crippen LogP) is 0.789. The zero-order valence-corrected chi connectivity index (χ0v) is 15.3. The van der Waals surface area contributed by atoms with Crippen LogP contribution in [0.25, 0.3) is 0 Å². The Kier molecular flexibility index (Phi) is 6.25. The molecule has 0 saturated carbocycles. The molecule has 25 heavy (non-hydrogen) atoms. The zero-order valence-electron chi connectivity index (χ0n) is 15.3. The van der Waals surface area contributed by atoms with E-state index in [0.29, 0.717) is 18.9 Å². The number of amides is 2. The molecule has 0 aromatic heterocycles. The summed E-state index contributed by atoms with van der Waals surface area (Å²) in [6, 6.07) is 7.45. The molecule has 0 bridgehead atoms. The quantitative estimate of drug-likeness (QED) is 0.794. The van der Waals surface area contributed by atoms with Crippen molar-refractivity contribution < 1.29 is 19.1 Å². The lowest BCUT2D eigenvalue weighted by Gasteiger charge is -2.27. The largest absolute Gasteiger partial charge is 0.486 e. The molecule has 2 amide bonds. The Morgan fingerprint density at radius 3 is 2.48 bits per heavy atom. The minimum Gasteiger partial charge on any atom is -0.486 e. The van der Waals surface area contributed by atoms with E-state index in [9.17, 15) is 9.59 Å². The van der Waals surface area contributed by atoms with Crippen molar-refractivity contribution in [2.75, 3.05) is 33.3 Å². The first-order chi connectivity index (χ1) is 11.7. The molecular formula is C18H27N3O4. The summed E-state index contributed by atoms with van der Waals surface area (Å²) in [5.74, 6) is 1.13. The smallest absolute Gasteiger partial charge is 0.234 e. The number of nitrogens with zero attached hydrogens (tertiary/aromatic N) is 1. The molecule has 7 nitrogen and oxygen atoms in total. The average molecular weight is 349 g/mol. The van der Waals surface area contributed by atoms with Crippen LogP contribution in [0.1, 0.15) is 20.8 Å². The number of carbonyl (C=O) groups is 2. The van der Waals surface area contributed by atoms with Crippen LogP contribution in [0.2, 0.25) is 0 Å². The van der Waals surface area contributed by atoms with Gasteiger partial charge < -0.3 is 20.1 Å². The molecule has 1 atom stereocenters. The molecule has 0 radical (unpaired) electrons. The van der Waals surface area contributed by atoms with Gasteiger partial charge in [-0.05, 0) is 40.0 Å². The third-order valence-corrected chi connectivity index (χ3v) is 3.44. The van der Waals surface area contributed by atoms with Crippen molar-refractivity contribution in [1.29, 1.82) is 0 Å². The van der Waals surface area contributed by atoms with Crippen LogP contribution in [0.5, 0.6) is 11.5 Å². The van der Waals surface area contributed by atoms with E-state index in [2.05, 4.69) is 10.6 Å². The van der Waals surface area contributed by atoms with Crippen molar-refractivity contribution in [2.45, 2.75) is 32.4 Å². The standard InChI is InChI=1S/C18H27N3O4/c1-18(2,3)20-17(23)11-21(4)10-16(22)19-9-13-12-24-14-7-5-6-8-15(14)25-13/h5-8,13H,9-12H2,1-4H3,(H,19,22)(H,20,23)/t13-/m0/s1. The summed E-state index contributed by atoms with van der Waals surface area (Å²) >= 11 is 0. The van der Waals surface area contributed by atoms with Gasteiger partial charge in [0.15, 0.2) is 11.5 Å². The summed E-state index contributed by atoms with van der Waals surface area (Å²) in [5.41, 5.74) is -0.283. The second-order valence-electron chi connectivity index (χ2n) is 7.27. The highest BCUT2D eigenvalue weighted by Gasteiger charge is 2.21. The van der Waals surface area contributed by atoms with Crippen LogP contribution in [-0.4, -0.2) is 61.6 Å². The Morgan fingerprint density at radius 2 is 1.80 bits per heavy atom. The third-order valence-electron chi connectivity index (χ3n) is 3.44. The molecule has 0 unspecified atom stereocenters. The topological polar surface area (TPSA) is 79.9 Å². The summed E-state index contributed by atoms with van der Waals surface area (Å²) in [4.78, 5) is 25.5. The van der Waals surface area contributed by atoms with Gasteiger partial charge >= 0.3 is 0 Å². The molecule has 1 aromatic carbocycles. The van der Waals surface area contributed by atoms with Crippen molar-refractivity contribution in [2.24, 2.45) is 0 Å². The van der Waals surface area contributed by atoms with E-state index in [4.69, 9.17) is 9.47 Å². The molecule has 0 spiro atoms. The van der Waals surface area contributed by atoms with Gasteiger partial charge in [0, 0.05) is 5.54 Å². The fraction of sp³-hybridized carbons (Fsp3) is 0.556. The normalized spacial score (nSPS) is 16.4. The van der Waals surface area contributed by atoms with E-state index in [-0.39, 0.29) is 36.5 Å². The number of hydrogen-bond acceptors (Lipinski definition) is 5. The SMILES string of the molecule is CN(CC(=O)NC[C@H]1COc2ccccc2O1)CC(=O)NC(C)(C)C. The zero-order chi connectivity index (χ0) is 18.4. The molecule has 1 aromatic rings. The van der Waals surface area contributed by atoms with Crippen molar-refractivity contribution in [3.8, 4) is 11.5 Å². The molecule has 138 valence electrons. The number of para-hydroxylation sites is 2. The second-order valence-corrected chi connectivity index (χ2v) is 7.27. The van der Waals surface area contributed by atoms with E-state index in [1.165, 1.54) is 0 Å². The van der Waals surface area contributed by atoms with Crippen molar-refractivity contribution in [1.82, 2.24) is 15.5 Å². The van der Waals surface area contributed by atoms with Gasteiger partial charge in [-0.3, -0.25) is 14.5 Å². The summed E-state index contributed by atoms with van der Waals surface area (Å²) in [6.07, 6.45) is -0.228. The maximum atomic E-state index is 12.0. The number of rotatable bonds is 6. The fourth-order valence-corrected chi connectivity index (χ4v) is 2.45. The van der Waals surface area contributed by atoms with E-state index >= 15 is 0 Å². The maximum absolute atomic E-state index is 12.0. The lowest BCUT2D eigenvalue weighted by Crippen LogP contribution is -2.48. The number of ether oxygens (including phenoxy) is 2. The van der Waals surface area contributed by atoms with Gasteiger partial charge in [-0.2, -0.15) is 0 Å². The second kappa shape index (κ2) is 8.20. The Balaban J connectivity index is 1.70. The average Bonchev–Trinajstić information content (AvgIpc) is 2.50. The molecule has 1 aliphatic rings.